The summed E-state index contributed by atoms with van der Waals surface area (Å²) in [6.07, 6.45) is 0. The zero-order valence-corrected chi connectivity index (χ0v) is 16.1. The molecule has 3 N–H and O–H groups in total. The van der Waals surface area contributed by atoms with Crippen molar-refractivity contribution >= 4 is 23.2 Å². The van der Waals surface area contributed by atoms with Crippen LogP contribution in [0.3, 0.4) is 0 Å². The predicted molar refractivity (Wildman–Crippen MR) is 115 cm³/mol. The normalized spacial score (nSPS) is 10.1. The van der Waals surface area contributed by atoms with E-state index in [2.05, 4.69) is 16.0 Å². The second-order valence-electron chi connectivity index (χ2n) is 6.28. The lowest BCUT2D eigenvalue weighted by Gasteiger charge is -2.10. The Morgan fingerprint density at radius 3 is 2.07 bits per heavy atom. The van der Waals surface area contributed by atoms with Crippen molar-refractivity contribution in [3.05, 3.63) is 84.4 Å². The van der Waals surface area contributed by atoms with Gasteiger partial charge in [-0.2, -0.15) is 0 Å². The second kappa shape index (κ2) is 9.94. The molecule has 3 aromatic carbocycles. The van der Waals surface area contributed by atoms with Crippen molar-refractivity contribution in [1.29, 1.82) is 0 Å². The third kappa shape index (κ3) is 6.10. The molecule has 0 saturated carbocycles. The summed E-state index contributed by atoms with van der Waals surface area (Å²) < 4.78 is 5.73. The van der Waals surface area contributed by atoms with Crippen LogP contribution in [0.25, 0.3) is 0 Å². The quantitative estimate of drug-likeness (QED) is 0.537. The fraction of sp³-hybridized carbons (Fsp3) is 0.130. The van der Waals surface area contributed by atoms with E-state index in [-0.39, 0.29) is 18.4 Å². The molecule has 0 aliphatic carbocycles. The molecule has 0 aliphatic heterocycles. The van der Waals surface area contributed by atoms with Gasteiger partial charge in [0.15, 0.2) is 0 Å². The van der Waals surface area contributed by atoms with E-state index in [9.17, 15) is 9.59 Å². The van der Waals surface area contributed by atoms with Crippen molar-refractivity contribution in [3.63, 3.8) is 0 Å². The third-order valence-corrected chi connectivity index (χ3v) is 4.05. The van der Waals surface area contributed by atoms with Crippen LogP contribution < -0.4 is 20.7 Å². The van der Waals surface area contributed by atoms with Crippen LogP contribution in [-0.4, -0.2) is 24.9 Å². The minimum atomic E-state index is -0.172. The van der Waals surface area contributed by atoms with E-state index in [1.54, 1.807) is 48.5 Å². The van der Waals surface area contributed by atoms with Crippen LogP contribution in [0.5, 0.6) is 11.5 Å². The summed E-state index contributed by atoms with van der Waals surface area (Å²) in [6.45, 7) is 2.57. The van der Waals surface area contributed by atoms with Gasteiger partial charge in [0.2, 0.25) is 5.91 Å². The van der Waals surface area contributed by atoms with Gasteiger partial charge in [0, 0.05) is 23.5 Å². The number of hydrogen-bond donors (Lipinski definition) is 3. The van der Waals surface area contributed by atoms with Gasteiger partial charge < -0.3 is 20.7 Å². The van der Waals surface area contributed by atoms with Crippen LogP contribution in [0.1, 0.15) is 17.3 Å². The Labute approximate surface area is 169 Å². The average molecular weight is 389 g/mol. The van der Waals surface area contributed by atoms with Crippen molar-refractivity contribution in [2.45, 2.75) is 6.92 Å². The fourth-order valence-electron chi connectivity index (χ4n) is 2.62. The van der Waals surface area contributed by atoms with E-state index < -0.39 is 0 Å². The smallest absolute Gasteiger partial charge is 0.251 e. The third-order valence-electron chi connectivity index (χ3n) is 4.05. The van der Waals surface area contributed by atoms with E-state index in [1.807, 2.05) is 37.3 Å². The van der Waals surface area contributed by atoms with E-state index >= 15 is 0 Å². The lowest BCUT2D eigenvalue weighted by atomic mass is 10.2. The first-order valence-corrected chi connectivity index (χ1v) is 9.39. The first-order chi connectivity index (χ1) is 14.1. The summed E-state index contributed by atoms with van der Waals surface area (Å²) >= 11 is 0. The molecular weight excluding hydrogens is 366 g/mol. The van der Waals surface area contributed by atoms with Crippen molar-refractivity contribution in [2.24, 2.45) is 0 Å². The molecule has 0 unspecified atom stereocenters. The van der Waals surface area contributed by atoms with Crippen LogP contribution >= 0.6 is 0 Å². The van der Waals surface area contributed by atoms with Crippen LogP contribution in [0.4, 0.5) is 11.4 Å². The Morgan fingerprint density at radius 2 is 1.41 bits per heavy atom. The van der Waals surface area contributed by atoms with Gasteiger partial charge in [-0.3, -0.25) is 9.59 Å². The fourth-order valence-corrected chi connectivity index (χ4v) is 2.62. The molecule has 6 nitrogen and oxygen atoms in total. The van der Waals surface area contributed by atoms with Gasteiger partial charge in [-0.15, -0.1) is 0 Å². The molecule has 29 heavy (non-hydrogen) atoms. The molecule has 0 atom stereocenters. The Morgan fingerprint density at radius 1 is 0.793 bits per heavy atom. The van der Waals surface area contributed by atoms with Crippen LogP contribution in [0, 0.1) is 0 Å². The van der Waals surface area contributed by atoms with Crippen molar-refractivity contribution in [2.75, 3.05) is 23.7 Å². The summed E-state index contributed by atoms with van der Waals surface area (Å²) in [5, 5.41) is 8.61. The molecular formula is C23H23N3O3. The zero-order valence-electron chi connectivity index (χ0n) is 16.1. The highest BCUT2D eigenvalue weighted by atomic mass is 16.5. The monoisotopic (exact) mass is 389 g/mol. The number of carbonyl (C=O) groups is 2. The average Bonchev–Trinajstić information content (AvgIpc) is 2.75. The van der Waals surface area contributed by atoms with Gasteiger partial charge in [-0.1, -0.05) is 18.2 Å². The Hall–Kier alpha value is -3.80. The molecule has 3 aromatic rings. The molecule has 0 aliphatic rings. The van der Waals surface area contributed by atoms with Gasteiger partial charge in [-0.05, 0) is 67.6 Å². The van der Waals surface area contributed by atoms with E-state index in [0.29, 0.717) is 23.5 Å². The number of benzene rings is 3. The highest BCUT2D eigenvalue weighted by Crippen LogP contribution is 2.22. The molecule has 3 rings (SSSR count). The number of nitrogens with one attached hydrogen (secondary N) is 3. The number of para-hydroxylation sites is 1. The molecule has 0 spiro atoms. The second-order valence-corrected chi connectivity index (χ2v) is 6.28. The van der Waals surface area contributed by atoms with Crippen LogP contribution in [-0.2, 0) is 4.79 Å². The maximum Gasteiger partial charge on any atom is 0.251 e. The van der Waals surface area contributed by atoms with Crippen molar-refractivity contribution < 1.29 is 14.3 Å². The van der Waals surface area contributed by atoms with Crippen molar-refractivity contribution in [1.82, 2.24) is 5.32 Å². The van der Waals surface area contributed by atoms with E-state index in [4.69, 9.17) is 4.74 Å². The van der Waals surface area contributed by atoms with Gasteiger partial charge in [-0.25, -0.2) is 0 Å². The Kier molecular flexibility index (Phi) is 6.84. The molecule has 148 valence electrons. The van der Waals surface area contributed by atoms with Gasteiger partial charge in [0.25, 0.3) is 5.91 Å². The summed E-state index contributed by atoms with van der Waals surface area (Å²) in [5.74, 6) is 1.16. The molecule has 6 heteroatoms. The largest absolute Gasteiger partial charge is 0.457 e. The minimum Gasteiger partial charge on any atom is -0.457 e. The number of anilines is 2. The summed E-state index contributed by atoms with van der Waals surface area (Å²) in [6, 6.07) is 23.7. The van der Waals surface area contributed by atoms with Crippen LogP contribution in [0.15, 0.2) is 78.9 Å². The number of hydrogen-bond acceptors (Lipinski definition) is 4. The van der Waals surface area contributed by atoms with E-state index in [0.717, 1.165) is 11.4 Å². The number of rotatable bonds is 8. The molecule has 0 radical (unpaired) electrons. The Bertz CT molecular complexity index is 939. The molecule has 0 aromatic heterocycles. The standard InChI is InChI=1S/C23H23N3O3/c1-2-24-23(28)17-8-10-18(11-9-17)25-16-22(27)26-19-12-14-21(15-13-19)29-20-6-4-3-5-7-20/h3-15,25H,2,16H2,1H3,(H,24,28)(H,26,27). The molecule has 2 amide bonds. The first-order valence-electron chi connectivity index (χ1n) is 9.39. The molecule has 0 bridgehead atoms. The predicted octanol–water partition coefficient (Wildman–Crippen LogP) is 4.28. The number of carbonyl (C=O) groups excluding carboxylic acids is 2. The first kappa shape index (κ1) is 19.9. The van der Waals surface area contributed by atoms with Crippen molar-refractivity contribution in [3.8, 4) is 11.5 Å². The van der Waals surface area contributed by atoms with Crippen LogP contribution in [0.2, 0.25) is 0 Å². The van der Waals surface area contributed by atoms with Gasteiger partial charge >= 0.3 is 0 Å². The minimum absolute atomic E-state index is 0.114. The highest BCUT2D eigenvalue weighted by molar-refractivity contribution is 5.95. The summed E-state index contributed by atoms with van der Waals surface area (Å²) in [7, 11) is 0. The maximum absolute atomic E-state index is 12.2. The van der Waals surface area contributed by atoms with E-state index in [1.165, 1.54) is 0 Å². The van der Waals surface area contributed by atoms with Gasteiger partial charge in [0.05, 0.1) is 6.54 Å². The summed E-state index contributed by atoms with van der Waals surface area (Å²) in [5.41, 5.74) is 2.03. The molecule has 0 heterocycles. The Balaban J connectivity index is 1.47. The summed E-state index contributed by atoms with van der Waals surface area (Å²) in [4.78, 5) is 23.9. The number of amides is 2. The van der Waals surface area contributed by atoms with Gasteiger partial charge in [0.1, 0.15) is 11.5 Å². The lowest BCUT2D eigenvalue weighted by Crippen LogP contribution is -2.23. The number of ether oxygens (including phenoxy) is 1. The molecule has 0 fully saturated rings. The highest BCUT2D eigenvalue weighted by Gasteiger charge is 2.06. The molecule has 0 saturated heterocycles. The SMILES string of the molecule is CCNC(=O)c1ccc(NCC(=O)Nc2ccc(Oc3ccccc3)cc2)cc1. The maximum atomic E-state index is 12.2. The lowest BCUT2D eigenvalue weighted by molar-refractivity contribution is -0.114. The topological polar surface area (TPSA) is 79.5 Å². The zero-order chi connectivity index (χ0) is 20.5.